The van der Waals surface area contributed by atoms with Gasteiger partial charge in [0.15, 0.2) is 5.78 Å². The highest BCUT2D eigenvalue weighted by molar-refractivity contribution is 6.17. The van der Waals surface area contributed by atoms with Crippen molar-refractivity contribution >= 4 is 16.7 Å². The molecule has 21 heavy (non-hydrogen) atoms. The second kappa shape index (κ2) is 4.70. The van der Waals surface area contributed by atoms with E-state index in [-0.39, 0.29) is 5.78 Å². The molecule has 0 bridgehead atoms. The van der Waals surface area contributed by atoms with Crippen molar-refractivity contribution in [1.29, 1.82) is 0 Å². The number of rotatable bonds is 2. The van der Waals surface area contributed by atoms with Crippen LogP contribution in [0.4, 0.5) is 0 Å². The fraction of sp³-hybridized carbons (Fsp3) is 0.111. The quantitative estimate of drug-likeness (QED) is 0.673. The molecule has 0 amide bonds. The number of carbonyl (C=O) groups is 1. The standard InChI is InChI=1S/C18H13NO2/c20-17(15-6-1-4-12-9-11-21-18(12)15)14-5-2-8-16-13(14)7-3-10-19-16/h1-8,10H,9,11H2. The van der Waals surface area contributed by atoms with Crippen molar-refractivity contribution in [1.82, 2.24) is 4.98 Å². The molecule has 1 aromatic heterocycles. The Morgan fingerprint density at radius 1 is 1.00 bits per heavy atom. The molecule has 3 nitrogen and oxygen atoms in total. The number of pyridine rings is 1. The summed E-state index contributed by atoms with van der Waals surface area (Å²) in [5.74, 6) is 0.732. The first-order valence-electron chi connectivity index (χ1n) is 6.98. The van der Waals surface area contributed by atoms with Gasteiger partial charge in [-0.05, 0) is 23.8 Å². The Morgan fingerprint density at radius 3 is 2.81 bits per heavy atom. The van der Waals surface area contributed by atoms with E-state index in [1.54, 1.807) is 6.20 Å². The molecular formula is C18H13NO2. The molecule has 0 atom stereocenters. The summed E-state index contributed by atoms with van der Waals surface area (Å²) in [7, 11) is 0. The summed E-state index contributed by atoms with van der Waals surface area (Å²) in [5, 5.41) is 0.876. The minimum absolute atomic E-state index is 0.00708. The molecular weight excluding hydrogens is 262 g/mol. The molecule has 0 N–H and O–H groups in total. The van der Waals surface area contributed by atoms with Crippen LogP contribution in [-0.2, 0) is 6.42 Å². The summed E-state index contributed by atoms with van der Waals surface area (Å²) >= 11 is 0. The number of hydrogen-bond donors (Lipinski definition) is 0. The molecule has 4 rings (SSSR count). The average molecular weight is 275 g/mol. The molecule has 0 saturated carbocycles. The van der Waals surface area contributed by atoms with E-state index < -0.39 is 0 Å². The predicted octanol–water partition coefficient (Wildman–Crippen LogP) is 3.40. The molecule has 0 radical (unpaired) electrons. The molecule has 1 aliphatic heterocycles. The van der Waals surface area contributed by atoms with Gasteiger partial charge < -0.3 is 4.74 Å². The SMILES string of the molecule is O=C(c1cccc2c1OCC2)c1cccc2ncccc12. The van der Waals surface area contributed by atoms with E-state index in [9.17, 15) is 4.79 Å². The van der Waals surface area contributed by atoms with Crippen LogP contribution in [0.3, 0.4) is 0 Å². The van der Waals surface area contributed by atoms with Gasteiger partial charge in [0.1, 0.15) is 5.75 Å². The zero-order valence-electron chi connectivity index (χ0n) is 11.4. The van der Waals surface area contributed by atoms with Gasteiger partial charge in [0.05, 0.1) is 17.7 Å². The molecule has 0 fully saturated rings. The van der Waals surface area contributed by atoms with Crippen LogP contribution >= 0.6 is 0 Å². The van der Waals surface area contributed by atoms with Crippen LogP contribution in [0.25, 0.3) is 10.9 Å². The number of benzene rings is 2. The molecule has 0 aliphatic carbocycles. The number of nitrogens with zero attached hydrogens (tertiary/aromatic N) is 1. The Labute approximate surface area is 122 Å². The summed E-state index contributed by atoms with van der Waals surface area (Å²) in [5.41, 5.74) is 3.25. The van der Waals surface area contributed by atoms with Gasteiger partial charge >= 0.3 is 0 Å². The summed E-state index contributed by atoms with van der Waals surface area (Å²) in [6.45, 7) is 0.650. The van der Waals surface area contributed by atoms with Gasteiger partial charge in [0, 0.05) is 23.6 Å². The Morgan fingerprint density at radius 2 is 1.86 bits per heavy atom. The summed E-state index contributed by atoms with van der Waals surface area (Å²) in [6, 6.07) is 15.2. The van der Waals surface area contributed by atoms with Crippen LogP contribution < -0.4 is 4.74 Å². The fourth-order valence-corrected chi connectivity index (χ4v) is 2.84. The molecule has 3 aromatic rings. The van der Waals surface area contributed by atoms with Crippen molar-refractivity contribution in [3.63, 3.8) is 0 Å². The molecule has 102 valence electrons. The average Bonchev–Trinajstić information content (AvgIpc) is 3.02. The van der Waals surface area contributed by atoms with E-state index in [0.29, 0.717) is 17.7 Å². The largest absolute Gasteiger partial charge is 0.492 e. The molecule has 3 heteroatoms. The third kappa shape index (κ3) is 1.89. The van der Waals surface area contributed by atoms with Crippen molar-refractivity contribution in [3.05, 3.63) is 71.4 Å². The van der Waals surface area contributed by atoms with Crippen molar-refractivity contribution in [2.24, 2.45) is 0 Å². The monoisotopic (exact) mass is 275 g/mol. The summed E-state index contributed by atoms with van der Waals surface area (Å²) in [6.07, 6.45) is 2.60. The van der Waals surface area contributed by atoms with Gasteiger partial charge in [0.25, 0.3) is 0 Å². The highest BCUT2D eigenvalue weighted by Gasteiger charge is 2.22. The minimum Gasteiger partial charge on any atom is -0.492 e. The van der Waals surface area contributed by atoms with E-state index in [1.165, 1.54) is 0 Å². The highest BCUT2D eigenvalue weighted by Crippen LogP contribution is 2.32. The van der Waals surface area contributed by atoms with Gasteiger partial charge in [-0.1, -0.05) is 30.3 Å². The number of ketones is 1. The lowest BCUT2D eigenvalue weighted by molar-refractivity contribution is 0.103. The molecule has 1 aliphatic rings. The number of fused-ring (bicyclic) bond motifs is 2. The van der Waals surface area contributed by atoms with Gasteiger partial charge in [-0.25, -0.2) is 0 Å². The minimum atomic E-state index is -0.00708. The number of ether oxygens (including phenoxy) is 1. The smallest absolute Gasteiger partial charge is 0.197 e. The van der Waals surface area contributed by atoms with Crippen molar-refractivity contribution in [2.45, 2.75) is 6.42 Å². The lowest BCUT2D eigenvalue weighted by atomic mass is 9.97. The molecule has 2 aromatic carbocycles. The first-order valence-corrected chi connectivity index (χ1v) is 6.98. The summed E-state index contributed by atoms with van der Waals surface area (Å²) in [4.78, 5) is 17.2. The van der Waals surface area contributed by atoms with Gasteiger partial charge in [-0.15, -0.1) is 0 Å². The van der Waals surface area contributed by atoms with Crippen LogP contribution in [-0.4, -0.2) is 17.4 Å². The Bertz CT molecular complexity index is 849. The number of carbonyl (C=O) groups excluding carboxylic acids is 1. The topological polar surface area (TPSA) is 39.2 Å². The number of aromatic nitrogens is 1. The van der Waals surface area contributed by atoms with E-state index in [2.05, 4.69) is 4.98 Å². The van der Waals surface area contributed by atoms with Gasteiger partial charge in [-0.2, -0.15) is 0 Å². The third-order valence-electron chi connectivity index (χ3n) is 3.85. The first kappa shape index (κ1) is 12.1. The Kier molecular flexibility index (Phi) is 2.71. The maximum absolute atomic E-state index is 12.9. The maximum Gasteiger partial charge on any atom is 0.197 e. The second-order valence-corrected chi connectivity index (χ2v) is 5.10. The second-order valence-electron chi connectivity index (χ2n) is 5.10. The van der Waals surface area contributed by atoms with E-state index in [1.807, 2.05) is 48.5 Å². The Balaban J connectivity index is 1.90. The third-order valence-corrected chi connectivity index (χ3v) is 3.85. The molecule has 0 saturated heterocycles. The van der Waals surface area contributed by atoms with E-state index in [4.69, 9.17) is 4.74 Å². The van der Waals surface area contributed by atoms with Crippen LogP contribution in [0.15, 0.2) is 54.7 Å². The Hall–Kier alpha value is -2.68. The lowest BCUT2D eigenvalue weighted by Crippen LogP contribution is -2.04. The number of para-hydroxylation sites is 1. The maximum atomic E-state index is 12.9. The van der Waals surface area contributed by atoms with Crippen LogP contribution in [0.5, 0.6) is 5.75 Å². The van der Waals surface area contributed by atoms with Crippen molar-refractivity contribution in [3.8, 4) is 5.75 Å². The number of hydrogen-bond acceptors (Lipinski definition) is 3. The highest BCUT2D eigenvalue weighted by atomic mass is 16.5. The zero-order chi connectivity index (χ0) is 14.2. The summed E-state index contributed by atoms with van der Waals surface area (Å²) < 4.78 is 5.65. The van der Waals surface area contributed by atoms with E-state index in [0.717, 1.165) is 28.6 Å². The van der Waals surface area contributed by atoms with Crippen molar-refractivity contribution < 1.29 is 9.53 Å². The lowest BCUT2D eigenvalue weighted by Gasteiger charge is -2.09. The van der Waals surface area contributed by atoms with Crippen LogP contribution in [0.2, 0.25) is 0 Å². The zero-order valence-corrected chi connectivity index (χ0v) is 11.4. The van der Waals surface area contributed by atoms with E-state index >= 15 is 0 Å². The molecule has 2 heterocycles. The van der Waals surface area contributed by atoms with Gasteiger partial charge in [0.2, 0.25) is 0 Å². The predicted molar refractivity (Wildman–Crippen MR) is 80.8 cm³/mol. The van der Waals surface area contributed by atoms with Gasteiger partial charge in [-0.3, -0.25) is 9.78 Å². The fourth-order valence-electron chi connectivity index (χ4n) is 2.84. The van der Waals surface area contributed by atoms with Crippen LogP contribution in [0.1, 0.15) is 21.5 Å². The first-order chi connectivity index (χ1) is 10.3. The molecule has 0 spiro atoms. The normalized spacial score (nSPS) is 13.0. The molecule has 0 unspecified atom stereocenters. The van der Waals surface area contributed by atoms with Crippen LogP contribution in [0, 0.1) is 0 Å². The van der Waals surface area contributed by atoms with Crippen molar-refractivity contribution in [2.75, 3.05) is 6.61 Å².